The number of ketones is 1. The van der Waals surface area contributed by atoms with Gasteiger partial charge in [0.2, 0.25) is 11.6 Å². The highest BCUT2D eigenvalue weighted by atomic mass is 16.1. The highest BCUT2D eigenvalue weighted by molar-refractivity contribution is 5.98. The number of hydrogen-bond donors (Lipinski definition) is 2. The summed E-state index contributed by atoms with van der Waals surface area (Å²) in [7, 11) is 0. The standard InChI is InChI=1S/C20H23N5O/c21-23-18-16(15-4-2-1-3-5-15)22-19(25-24-18)17(26)20-9-12-6-13(10-20)8-14(7-12)11-20/h1-5,12-14H,6-11,21H2,(H,23,24). The topological polar surface area (TPSA) is 93.8 Å². The molecule has 3 N–H and O–H groups in total. The van der Waals surface area contributed by atoms with Crippen molar-refractivity contribution in [3.05, 3.63) is 36.2 Å². The van der Waals surface area contributed by atoms with E-state index in [-0.39, 0.29) is 17.0 Å². The van der Waals surface area contributed by atoms with E-state index in [1.165, 1.54) is 19.3 Å². The quantitative estimate of drug-likeness (QED) is 0.500. The van der Waals surface area contributed by atoms with E-state index >= 15 is 0 Å². The number of carbonyl (C=O) groups is 1. The zero-order valence-corrected chi connectivity index (χ0v) is 14.7. The summed E-state index contributed by atoms with van der Waals surface area (Å²) in [5, 5.41) is 8.29. The van der Waals surface area contributed by atoms with E-state index in [1.807, 2.05) is 30.3 Å². The van der Waals surface area contributed by atoms with Crippen molar-refractivity contribution in [3.8, 4) is 11.3 Å². The van der Waals surface area contributed by atoms with Gasteiger partial charge in [-0.2, -0.15) is 0 Å². The maximum atomic E-state index is 13.5. The molecule has 4 fully saturated rings. The molecule has 0 saturated heterocycles. The second kappa shape index (κ2) is 5.84. The van der Waals surface area contributed by atoms with E-state index in [0.717, 1.165) is 24.8 Å². The predicted molar refractivity (Wildman–Crippen MR) is 98.0 cm³/mol. The molecule has 6 nitrogen and oxygen atoms in total. The Morgan fingerprint density at radius 3 is 2.19 bits per heavy atom. The van der Waals surface area contributed by atoms with Gasteiger partial charge in [-0.05, 0) is 56.3 Å². The van der Waals surface area contributed by atoms with E-state index in [1.54, 1.807) is 0 Å². The molecule has 2 aromatic rings. The van der Waals surface area contributed by atoms with Crippen LogP contribution in [0.3, 0.4) is 0 Å². The predicted octanol–water partition coefficient (Wildman–Crippen LogP) is 3.22. The van der Waals surface area contributed by atoms with Gasteiger partial charge in [-0.25, -0.2) is 10.8 Å². The number of nitrogens with one attached hydrogen (secondary N) is 1. The van der Waals surface area contributed by atoms with Crippen LogP contribution in [0.1, 0.15) is 49.1 Å². The molecule has 0 spiro atoms. The maximum Gasteiger partial charge on any atom is 0.219 e. The van der Waals surface area contributed by atoms with Crippen molar-refractivity contribution in [2.75, 3.05) is 5.43 Å². The van der Waals surface area contributed by atoms with Crippen LogP contribution in [0.15, 0.2) is 30.3 Å². The Hall–Kier alpha value is -2.34. The van der Waals surface area contributed by atoms with Gasteiger partial charge in [0.1, 0.15) is 5.69 Å². The average molecular weight is 349 g/mol. The molecule has 1 heterocycles. The smallest absolute Gasteiger partial charge is 0.219 e. The minimum Gasteiger partial charge on any atom is -0.305 e. The Bertz CT molecular complexity index is 815. The third-order valence-corrected chi connectivity index (χ3v) is 6.59. The molecule has 0 atom stereocenters. The maximum absolute atomic E-state index is 13.5. The van der Waals surface area contributed by atoms with Crippen molar-refractivity contribution in [2.24, 2.45) is 29.0 Å². The van der Waals surface area contributed by atoms with Crippen molar-refractivity contribution >= 4 is 11.6 Å². The van der Waals surface area contributed by atoms with Gasteiger partial charge in [0.25, 0.3) is 0 Å². The minimum atomic E-state index is -0.262. The number of hydrogen-bond acceptors (Lipinski definition) is 6. The number of hydrazine groups is 1. The molecular weight excluding hydrogens is 326 g/mol. The molecule has 6 heteroatoms. The van der Waals surface area contributed by atoms with Gasteiger partial charge >= 0.3 is 0 Å². The number of aromatic nitrogens is 3. The Kier molecular flexibility index (Phi) is 3.57. The van der Waals surface area contributed by atoms with Gasteiger partial charge in [0.15, 0.2) is 5.82 Å². The van der Waals surface area contributed by atoms with Crippen LogP contribution in [0.2, 0.25) is 0 Å². The van der Waals surface area contributed by atoms with Crippen LogP contribution >= 0.6 is 0 Å². The van der Waals surface area contributed by atoms with Crippen molar-refractivity contribution in [2.45, 2.75) is 38.5 Å². The van der Waals surface area contributed by atoms with Crippen LogP contribution in [0.25, 0.3) is 11.3 Å². The van der Waals surface area contributed by atoms with E-state index in [4.69, 9.17) is 5.84 Å². The van der Waals surface area contributed by atoms with Crippen LogP contribution < -0.4 is 11.3 Å². The summed E-state index contributed by atoms with van der Waals surface area (Å²) < 4.78 is 0. The number of benzene rings is 1. The zero-order chi connectivity index (χ0) is 17.7. The number of anilines is 1. The fraction of sp³-hybridized carbons (Fsp3) is 0.500. The number of nitrogens with zero attached hydrogens (tertiary/aromatic N) is 3. The van der Waals surface area contributed by atoms with E-state index in [2.05, 4.69) is 20.6 Å². The zero-order valence-electron chi connectivity index (χ0n) is 14.7. The number of carbonyl (C=O) groups excluding carboxylic acids is 1. The average Bonchev–Trinajstić information content (AvgIpc) is 2.66. The minimum absolute atomic E-state index is 0.0878. The molecule has 4 aliphatic rings. The molecule has 4 saturated carbocycles. The van der Waals surface area contributed by atoms with Crippen LogP contribution in [-0.4, -0.2) is 21.0 Å². The molecule has 4 aliphatic carbocycles. The lowest BCUT2D eigenvalue weighted by Crippen LogP contribution is -2.50. The van der Waals surface area contributed by atoms with Crippen LogP contribution in [0, 0.1) is 23.2 Å². The summed E-state index contributed by atoms with van der Waals surface area (Å²) in [6, 6.07) is 9.67. The summed E-state index contributed by atoms with van der Waals surface area (Å²) in [4.78, 5) is 18.1. The Morgan fingerprint density at radius 1 is 1.00 bits per heavy atom. The molecule has 1 aromatic heterocycles. The summed E-state index contributed by atoms with van der Waals surface area (Å²) in [6.07, 6.45) is 6.90. The summed E-state index contributed by atoms with van der Waals surface area (Å²) in [5.41, 5.74) is 3.74. The normalized spacial score (nSPS) is 31.8. The largest absolute Gasteiger partial charge is 0.305 e. The van der Waals surface area contributed by atoms with Crippen molar-refractivity contribution in [1.29, 1.82) is 0 Å². The highest BCUT2D eigenvalue weighted by Crippen LogP contribution is 2.60. The number of nitrogen functional groups attached to an aromatic ring is 1. The number of nitrogens with two attached hydrogens (primary N) is 1. The van der Waals surface area contributed by atoms with Gasteiger partial charge in [0, 0.05) is 11.0 Å². The second-order valence-corrected chi connectivity index (χ2v) is 8.37. The second-order valence-electron chi connectivity index (χ2n) is 8.37. The monoisotopic (exact) mass is 349 g/mol. The molecule has 6 rings (SSSR count). The molecule has 134 valence electrons. The van der Waals surface area contributed by atoms with Crippen molar-refractivity contribution < 1.29 is 4.79 Å². The summed E-state index contributed by atoms with van der Waals surface area (Å²) in [6.45, 7) is 0. The molecule has 0 unspecified atom stereocenters. The molecular formula is C20H23N5O. The molecule has 4 bridgehead atoms. The highest BCUT2D eigenvalue weighted by Gasteiger charge is 2.55. The number of Topliss-reactive ketones (excluding diaryl/α,β-unsaturated/α-hetero) is 1. The van der Waals surface area contributed by atoms with Crippen LogP contribution in [0.5, 0.6) is 0 Å². The Balaban J connectivity index is 1.53. The van der Waals surface area contributed by atoms with Crippen LogP contribution in [0.4, 0.5) is 5.82 Å². The van der Waals surface area contributed by atoms with E-state index in [0.29, 0.717) is 29.3 Å². The van der Waals surface area contributed by atoms with Crippen LogP contribution in [-0.2, 0) is 0 Å². The fourth-order valence-corrected chi connectivity index (χ4v) is 5.94. The van der Waals surface area contributed by atoms with E-state index in [9.17, 15) is 4.79 Å². The van der Waals surface area contributed by atoms with Gasteiger partial charge in [-0.1, -0.05) is 30.3 Å². The summed E-state index contributed by atoms with van der Waals surface area (Å²) in [5.74, 6) is 8.41. The SMILES string of the molecule is NNc1nnc(C(=O)C23CC4CC(CC(C4)C2)C3)nc1-c1ccccc1. The molecule has 1 aromatic carbocycles. The molecule has 0 radical (unpaired) electrons. The molecule has 0 amide bonds. The van der Waals surface area contributed by atoms with Crippen molar-refractivity contribution in [1.82, 2.24) is 15.2 Å². The van der Waals surface area contributed by atoms with Gasteiger partial charge in [-0.3, -0.25) is 4.79 Å². The lowest BCUT2D eigenvalue weighted by Gasteiger charge is -2.55. The van der Waals surface area contributed by atoms with E-state index < -0.39 is 0 Å². The first-order valence-corrected chi connectivity index (χ1v) is 9.48. The Labute approximate surface area is 152 Å². The third kappa shape index (κ3) is 2.43. The first-order chi connectivity index (χ1) is 12.7. The molecule has 0 aliphatic heterocycles. The Morgan fingerprint density at radius 2 is 1.62 bits per heavy atom. The van der Waals surface area contributed by atoms with Gasteiger partial charge in [-0.15, -0.1) is 10.2 Å². The molecule has 26 heavy (non-hydrogen) atoms. The third-order valence-electron chi connectivity index (χ3n) is 6.59. The number of rotatable bonds is 4. The summed E-state index contributed by atoms with van der Waals surface area (Å²) >= 11 is 0. The van der Waals surface area contributed by atoms with Crippen molar-refractivity contribution in [3.63, 3.8) is 0 Å². The van der Waals surface area contributed by atoms with Gasteiger partial charge < -0.3 is 5.43 Å². The fourth-order valence-electron chi connectivity index (χ4n) is 5.94. The first kappa shape index (κ1) is 15.9. The lowest BCUT2D eigenvalue weighted by molar-refractivity contribution is -0.0358. The lowest BCUT2D eigenvalue weighted by atomic mass is 9.48. The van der Waals surface area contributed by atoms with Gasteiger partial charge in [0.05, 0.1) is 0 Å². The first-order valence-electron chi connectivity index (χ1n) is 9.48.